The lowest BCUT2D eigenvalue weighted by molar-refractivity contribution is -0.116. The van der Waals surface area contributed by atoms with Crippen molar-refractivity contribution in [2.24, 2.45) is 5.10 Å². The van der Waals surface area contributed by atoms with Crippen LogP contribution < -0.4 is 5.32 Å². The van der Waals surface area contributed by atoms with E-state index in [4.69, 9.17) is 11.6 Å². The summed E-state index contributed by atoms with van der Waals surface area (Å²) >= 11 is 6.09. The van der Waals surface area contributed by atoms with Crippen LogP contribution in [0, 0.1) is 5.82 Å². The Kier molecular flexibility index (Phi) is 5.27. The lowest BCUT2D eigenvalue weighted by Crippen LogP contribution is -2.38. The normalized spacial score (nSPS) is 14.6. The Balaban J connectivity index is 1.72. The predicted octanol–water partition coefficient (Wildman–Crippen LogP) is 3.87. The molecular formula is C21H15ClFN3O3S. The van der Waals surface area contributed by atoms with Gasteiger partial charge in [-0.2, -0.15) is 17.9 Å². The van der Waals surface area contributed by atoms with E-state index in [9.17, 15) is 17.6 Å². The molecule has 0 saturated carbocycles. The molecule has 1 N–H and O–H groups in total. The van der Waals surface area contributed by atoms with Crippen LogP contribution in [0.2, 0.25) is 5.02 Å². The largest absolute Gasteiger partial charge is 0.324 e. The Morgan fingerprint density at radius 1 is 1.03 bits per heavy atom. The third kappa shape index (κ3) is 3.92. The van der Waals surface area contributed by atoms with Crippen LogP contribution in [0.15, 0.2) is 82.8 Å². The van der Waals surface area contributed by atoms with Gasteiger partial charge in [-0.25, -0.2) is 4.39 Å². The monoisotopic (exact) mass is 443 g/mol. The molecule has 0 saturated heterocycles. The van der Waals surface area contributed by atoms with Gasteiger partial charge in [0.05, 0.1) is 4.90 Å². The fourth-order valence-corrected chi connectivity index (χ4v) is 4.61. The molecule has 1 heterocycles. The van der Waals surface area contributed by atoms with Gasteiger partial charge in [0.2, 0.25) is 5.91 Å². The summed E-state index contributed by atoms with van der Waals surface area (Å²) in [5.74, 6) is -1.17. The standard InChI is InChI=1S/C21H15ClFN3O3S/c22-15-9-10-19-18(11-15)21(14-5-2-1-3-6-14)25-26(30(19,28)29)13-20(27)24-17-8-4-7-16(23)12-17/h1-12H,13H2,(H,24,27). The summed E-state index contributed by atoms with van der Waals surface area (Å²) in [5.41, 5.74) is 1.62. The van der Waals surface area contributed by atoms with Gasteiger partial charge >= 0.3 is 0 Å². The van der Waals surface area contributed by atoms with Crippen molar-refractivity contribution in [3.05, 3.63) is 94.8 Å². The van der Waals surface area contributed by atoms with Crippen LogP contribution in [0.4, 0.5) is 10.1 Å². The topological polar surface area (TPSA) is 78.8 Å². The first-order chi connectivity index (χ1) is 14.3. The molecule has 1 aliphatic rings. The number of nitrogens with zero attached hydrogens (tertiary/aromatic N) is 2. The molecule has 0 atom stereocenters. The summed E-state index contributed by atoms with van der Waals surface area (Å²) in [6.07, 6.45) is 0. The number of benzene rings is 3. The van der Waals surface area contributed by atoms with E-state index >= 15 is 0 Å². The van der Waals surface area contributed by atoms with Crippen molar-refractivity contribution in [2.45, 2.75) is 4.90 Å². The first-order valence-corrected chi connectivity index (χ1v) is 10.7. The number of fused-ring (bicyclic) bond motifs is 1. The SMILES string of the molecule is O=C(CN1N=C(c2ccccc2)c2cc(Cl)ccc2S1(=O)=O)Nc1cccc(F)c1. The van der Waals surface area contributed by atoms with Crippen molar-refractivity contribution < 1.29 is 17.6 Å². The van der Waals surface area contributed by atoms with Crippen molar-refractivity contribution >= 4 is 38.9 Å². The van der Waals surface area contributed by atoms with Crippen LogP contribution in [0.25, 0.3) is 0 Å². The third-order valence-electron chi connectivity index (χ3n) is 4.40. The van der Waals surface area contributed by atoms with Gasteiger partial charge in [-0.15, -0.1) is 0 Å². The molecule has 3 aromatic carbocycles. The highest BCUT2D eigenvalue weighted by Gasteiger charge is 2.34. The van der Waals surface area contributed by atoms with E-state index in [0.29, 0.717) is 21.9 Å². The number of sulfonamides is 1. The number of nitrogens with one attached hydrogen (secondary N) is 1. The number of hydrazone groups is 1. The second kappa shape index (κ2) is 7.89. The predicted molar refractivity (Wildman–Crippen MR) is 112 cm³/mol. The molecular weight excluding hydrogens is 429 g/mol. The Morgan fingerprint density at radius 2 is 1.80 bits per heavy atom. The van der Waals surface area contributed by atoms with Crippen LogP contribution in [0.3, 0.4) is 0 Å². The Hall–Kier alpha value is -3.23. The summed E-state index contributed by atoms with van der Waals surface area (Å²) in [6.45, 7) is -0.572. The van der Waals surface area contributed by atoms with E-state index in [1.807, 2.05) is 6.07 Å². The van der Waals surface area contributed by atoms with E-state index in [1.165, 1.54) is 36.4 Å². The second-order valence-corrected chi connectivity index (χ2v) is 8.75. The smallest absolute Gasteiger partial charge is 0.280 e. The first-order valence-electron chi connectivity index (χ1n) is 8.87. The molecule has 4 rings (SSSR count). The minimum absolute atomic E-state index is 0.000640. The molecule has 0 aromatic heterocycles. The molecule has 1 aliphatic heterocycles. The number of carbonyl (C=O) groups excluding carboxylic acids is 1. The number of amides is 1. The zero-order valence-corrected chi connectivity index (χ0v) is 17.0. The molecule has 6 nitrogen and oxygen atoms in total. The Bertz CT molecular complexity index is 1260. The second-order valence-electron chi connectivity index (χ2n) is 6.50. The van der Waals surface area contributed by atoms with E-state index in [0.717, 1.165) is 10.5 Å². The van der Waals surface area contributed by atoms with Crippen molar-refractivity contribution in [1.82, 2.24) is 4.41 Å². The van der Waals surface area contributed by atoms with Crippen molar-refractivity contribution in [3.8, 4) is 0 Å². The Labute approximate surface area is 177 Å². The molecule has 152 valence electrons. The van der Waals surface area contributed by atoms with Gasteiger partial charge in [-0.1, -0.05) is 48.0 Å². The molecule has 0 aliphatic carbocycles. The number of hydrogen-bond donors (Lipinski definition) is 1. The van der Waals surface area contributed by atoms with Crippen LogP contribution >= 0.6 is 11.6 Å². The summed E-state index contributed by atoms with van der Waals surface area (Å²) in [4.78, 5) is 12.5. The fourth-order valence-electron chi connectivity index (χ4n) is 3.06. The van der Waals surface area contributed by atoms with Crippen LogP contribution in [0.5, 0.6) is 0 Å². The van der Waals surface area contributed by atoms with Gasteiger partial charge in [0.1, 0.15) is 18.1 Å². The van der Waals surface area contributed by atoms with Crippen molar-refractivity contribution in [2.75, 3.05) is 11.9 Å². The molecule has 0 fully saturated rings. The van der Waals surface area contributed by atoms with Gasteiger partial charge in [-0.3, -0.25) is 4.79 Å². The van der Waals surface area contributed by atoms with Gasteiger partial charge in [0.25, 0.3) is 10.0 Å². The maximum Gasteiger partial charge on any atom is 0.280 e. The number of anilines is 1. The highest BCUT2D eigenvalue weighted by atomic mass is 35.5. The average Bonchev–Trinajstić information content (AvgIpc) is 2.70. The zero-order chi connectivity index (χ0) is 21.3. The summed E-state index contributed by atoms with van der Waals surface area (Å²) in [7, 11) is -4.08. The van der Waals surface area contributed by atoms with Gasteiger partial charge in [-0.05, 0) is 36.4 Å². The fraction of sp³-hybridized carbons (Fsp3) is 0.0476. The number of hydrogen-bond acceptors (Lipinski definition) is 4. The van der Waals surface area contributed by atoms with Crippen LogP contribution in [-0.2, 0) is 14.8 Å². The van der Waals surface area contributed by atoms with E-state index in [-0.39, 0.29) is 10.6 Å². The van der Waals surface area contributed by atoms with E-state index < -0.39 is 28.3 Å². The van der Waals surface area contributed by atoms with Gasteiger partial charge in [0.15, 0.2) is 0 Å². The molecule has 0 radical (unpaired) electrons. The maximum absolute atomic E-state index is 13.3. The summed E-state index contributed by atoms with van der Waals surface area (Å²) in [6, 6.07) is 18.7. The lowest BCUT2D eigenvalue weighted by Gasteiger charge is -2.27. The summed E-state index contributed by atoms with van der Waals surface area (Å²) in [5, 5.41) is 7.10. The highest BCUT2D eigenvalue weighted by molar-refractivity contribution is 7.89. The first kappa shape index (κ1) is 20.1. The summed E-state index contributed by atoms with van der Waals surface area (Å²) < 4.78 is 40.2. The molecule has 0 unspecified atom stereocenters. The molecule has 30 heavy (non-hydrogen) atoms. The Morgan fingerprint density at radius 3 is 2.53 bits per heavy atom. The minimum atomic E-state index is -4.08. The maximum atomic E-state index is 13.3. The van der Waals surface area contributed by atoms with Crippen molar-refractivity contribution in [3.63, 3.8) is 0 Å². The highest BCUT2D eigenvalue weighted by Crippen LogP contribution is 2.31. The zero-order valence-electron chi connectivity index (χ0n) is 15.4. The van der Waals surface area contributed by atoms with E-state index in [2.05, 4.69) is 10.4 Å². The number of halogens is 2. The number of rotatable bonds is 4. The quantitative estimate of drug-likeness (QED) is 0.664. The number of carbonyl (C=O) groups is 1. The minimum Gasteiger partial charge on any atom is -0.324 e. The van der Waals surface area contributed by atoms with Crippen LogP contribution in [-0.4, -0.2) is 31.0 Å². The third-order valence-corrected chi connectivity index (χ3v) is 6.31. The molecule has 3 aromatic rings. The van der Waals surface area contributed by atoms with Gasteiger partial charge < -0.3 is 5.32 Å². The molecule has 0 bridgehead atoms. The molecule has 0 spiro atoms. The van der Waals surface area contributed by atoms with Crippen LogP contribution in [0.1, 0.15) is 11.1 Å². The molecule has 9 heteroatoms. The van der Waals surface area contributed by atoms with E-state index in [1.54, 1.807) is 24.3 Å². The molecule has 1 amide bonds. The average molecular weight is 444 g/mol. The van der Waals surface area contributed by atoms with Crippen molar-refractivity contribution in [1.29, 1.82) is 0 Å². The lowest BCUT2D eigenvalue weighted by atomic mass is 10.0. The van der Waals surface area contributed by atoms with Gasteiger partial charge in [0, 0.05) is 21.8 Å².